The van der Waals surface area contributed by atoms with E-state index in [9.17, 15) is 9.59 Å². The Hall–Kier alpha value is -2.73. The largest absolute Gasteiger partial charge is 0.497 e. The Morgan fingerprint density at radius 1 is 0.923 bits per heavy atom. The van der Waals surface area contributed by atoms with Crippen LogP contribution in [0.5, 0.6) is 11.5 Å². The number of carbonyl (C=O) groups is 2. The Bertz CT molecular complexity index is 823. The number of ether oxygens (including phenoxy) is 2. The van der Waals surface area contributed by atoms with E-state index in [0.717, 1.165) is 0 Å². The molecule has 1 aliphatic carbocycles. The third kappa shape index (κ3) is 4.08. The van der Waals surface area contributed by atoms with Gasteiger partial charge in [-0.15, -0.1) is 0 Å². The molecule has 0 heterocycles. The predicted octanol–water partition coefficient (Wildman–Crippen LogP) is 3.57. The van der Waals surface area contributed by atoms with Crippen LogP contribution in [0.4, 0.5) is 11.4 Å². The maximum atomic E-state index is 12.3. The molecule has 0 saturated heterocycles. The van der Waals surface area contributed by atoms with Crippen LogP contribution >= 0.6 is 11.6 Å². The van der Waals surface area contributed by atoms with Crippen molar-refractivity contribution < 1.29 is 19.1 Å². The number of methoxy groups -OCH3 is 2. The maximum absolute atomic E-state index is 12.3. The topological polar surface area (TPSA) is 76.7 Å². The molecular formula is C19H19ClN2O4. The number of nitrogens with one attached hydrogen (secondary N) is 2. The number of carbonyl (C=O) groups excluding carboxylic acids is 2. The van der Waals surface area contributed by atoms with Gasteiger partial charge in [-0.3, -0.25) is 9.59 Å². The SMILES string of the molecule is COc1ccc(NC(=O)C2CC2C(=O)Nc2ccc(OC)c(Cl)c2)cc1. The summed E-state index contributed by atoms with van der Waals surface area (Å²) in [5.74, 6) is 0.224. The van der Waals surface area contributed by atoms with E-state index in [2.05, 4.69) is 10.6 Å². The maximum Gasteiger partial charge on any atom is 0.228 e. The fraction of sp³-hybridized carbons (Fsp3) is 0.263. The van der Waals surface area contributed by atoms with Gasteiger partial charge in [0.1, 0.15) is 11.5 Å². The minimum atomic E-state index is -0.339. The van der Waals surface area contributed by atoms with Crippen LogP contribution in [-0.2, 0) is 9.59 Å². The molecule has 0 aliphatic heterocycles. The molecule has 2 aromatic carbocycles. The third-order valence-electron chi connectivity index (χ3n) is 4.24. The first-order chi connectivity index (χ1) is 12.5. The van der Waals surface area contributed by atoms with Gasteiger partial charge >= 0.3 is 0 Å². The van der Waals surface area contributed by atoms with Crippen LogP contribution in [0.2, 0.25) is 5.02 Å². The quantitative estimate of drug-likeness (QED) is 0.810. The van der Waals surface area contributed by atoms with Crippen LogP contribution in [0.15, 0.2) is 42.5 Å². The predicted molar refractivity (Wildman–Crippen MR) is 99.9 cm³/mol. The van der Waals surface area contributed by atoms with Crippen LogP contribution in [0.1, 0.15) is 6.42 Å². The molecule has 1 aliphatic rings. The van der Waals surface area contributed by atoms with Crippen LogP contribution in [0.3, 0.4) is 0 Å². The molecule has 2 amide bonds. The van der Waals surface area contributed by atoms with Crippen molar-refractivity contribution in [2.45, 2.75) is 6.42 Å². The number of hydrogen-bond donors (Lipinski definition) is 2. The minimum Gasteiger partial charge on any atom is -0.497 e. The number of amides is 2. The Morgan fingerprint density at radius 3 is 2.04 bits per heavy atom. The number of hydrogen-bond acceptors (Lipinski definition) is 4. The average molecular weight is 375 g/mol. The van der Waals surface area contributed by atoms with Crippen molar-refractivity contribution in [2.75, 3.05) is 24.9 Å². The molecule has 26 heavy (non-hydrogen) atoms. The van der Waals surface area contributed by atoms with Gasteiger partial charge in [-0.05, 0) is 48.9 Å². The molecule has 2 atom stereocenters. The van der Waals surface area contributed by atoms with Crippen LogP contribution in [-0.4, -0.2) is 26.0 Å². The highest BCUT2D eigenvalue weighted by Crippen LogP contribution is 2.40. The third-order valence-corrected chi connectivity index (χ3v) is 4.54. The van der Waals surface area contributed by atoms with Gasteiger partial charge in [0, 0.05) is 11.4 Å². The van der Waals surface area contributed by atoms with Crippen molar-refractivity contribution in [3.05, 3.63) is 47.5 Å². The van der Waals surface area contributed by atoms with Gasteiger partial charge < -0.3 is 20.1 Å². The molecule has 0 spiro atoms. The molecule has 3 rings (SSSR count). The highest BCUT2D eigenvalue weighted by atomic mass is 35.5. The Kier molecular flexibility index (Phi) is 5.32. The Labute approximate surface area is 156 Å². The van der Waals surface area contributed by atoms with E-state index in [-0.39, 0.29) is 23.7 Å². The second kappa shape index (κ2) is 7.66. The monoisotopic (exact) mass is 374 g/mol. The standard InChI is InChI=1S/C19H19ClN2O4/c1-25-13-6-3-11(4-7-13)21-18(23)14-10-15(14)19(24)22-12-5-8-17(26-2)16(20)9-12/h3-9,14-15H,10H2,1-2H3,(H,21,23)(H,22,24). The highest BCUT2D eigenvalue weighted by Gasteiger charge is 2.48. The lowest BCUT2D eigenvalue weighted by Crippen LogP contribution is -2.20. The van der Waals surface area contributed by atoms with E-state index in [1.807, 2.05) is 0 Å². The summed E-state index contributed by atoms with van der Waals surface area (Å²) in [5.41, 5.74) is 1.24. The summed E-state index contributed by atoms with van der Waals surface area (Å²) in [7, 11) is 3.10. The molecule has 2 unspecified atom stereocenters. The Morgan fingerprint density at radius 2 is 1.50 bits per heavy atom. The molecule has 2 N–H and O–H groups in total. The summed E-state index contributed by atoms with van der Waals surface area (Å²) in [5, 5.41) is 6.01. The second-order valence-corrected chi connectivity index (χ2v) is 6.41. The summed E-state index contributed by atoms with van der Waals surface area (Å²) in [4.78, 5) is 24.6. The molecule has 1 fully saturated rings. The smallest absolute Gasteiger partial charge is 0.228 e. The number of rotatable bonds is 6. The normalized spacial score (nSPS) is 18.0. The molecule has 6 nitrogen and oxygen atoms in total. The summed E-state index contributed by atoms with van der Waals surface area (Å²) in [6.07, 6.45) is 0.526. The van der Waals surface area contributed by atoms with Gasteiger partial charge in [0.05, 0.1) is 31.1 Å². The number of anilines is 2. The summed E-state index contributed by atoms with van der Waals surface area (Å²) in [6, 6.07) is 12.0. The summed E-state index contributed by atoms with van der Waals surface area (Å²) < 4.78 is 10.2. The van der Waals surface area contributed by atoms with Crippen molar-refractivity contribution in [3.63, 3.8) is 0 Å². The van der Waals surface area contributed by atoms with Gasteiger partial charge in [-0.25, -0.2) is 0 Å². The lowest BCUT2D eigenvalue weighted by atomic mass is 10.2. The summed E-state index contributed by atoms with van der Waals surface area (Å²) >= 11 is 6.05. The first-order valence-electron chi connectivity index (χ1n) is 8.11. The van der Waals surface area contributed by atoms with E-state index in [1.165, 1.54) is 7.11 Å². The van der Waals surface area contributed by atoms with Gasteiger partial charge in [0.2, 0.25) is 11.8 Å². The zero-order valence-electron chi connectivity index (χ0n) is 14.4. The lowest BCUT2D eigenvalue weighted by molar-refractivity contribution is -0.122. The fourth-order valence-electron chi connectivity index (χ4n) is 2.66. The summed E-state index contributed by atoms with van der Waals surface area (Å²) in [6.45, 7) is 0. The lowest BCUT2D eigenvalue weighted by Gasteiger charge is -2.08. The fourth-order valence-corrected chi connectivity index (χ4v) is 2.92. The van der Waals surface area contributed by atoms with Crippen LogP contribution < -0.4 is 20.1 Å². The average Bonchev–Trinajstić information content (AvgIpc) is 3.43. The first kappa shape index (κ1) is 18.1. The van der Waals surface area contributed by atoms with Crippen molar-refractivity contribution >= 4 is 34.8 Å². The van der Waals surface area contributed by atoms with E-state index < -0.39 is 0 Å². The van der Waals surface area contributed by atoms with Crippen molar-refractivity contribution in [1.29, 1.82) is 0 Å². The van der Waals surface area contributed by atoms with Crippen molar-refractivity contribution in [2.24, 2.45) is 11.8 Å². The minimum absolute atomic E-state index is 0.164. The molecule has 136 valence electrons. The van der Waals surface area contributed by atoms with E-state index >= 15 is 0 Å². The van der Waals surface area contributed by atoms with Crippen LogP contribution in [0, 0.1) is 11.8 Å². The van der Waals surface area contributed by atoms with Crippen molar-refractivity contribution in [3.8, 4) is 11.5 Å². The first-order valence-corrected chi connectivity index (χ1v) is 8.49. The second-order valence-electron chi connectivity index (χ2n) is 6.01. The molecule has 0 bridgehead atoms. The van der Waals surface area contributed by atoms with E-state index in [4.69, 9.17) is 21.1 Å². The zero-order valence-corrected chi connectivity index (χ0v) is 15.2. The zero-order chi connectivity index (χ0) is 18.7. The molecular weight excluding hydrogens is 356 g/mol. The highest BCUT2D eigenvalue weighted by molar-refractivity contribution is 6.32. The van der Waals surface area contributed by atoms with E-state index in [1.54, 1.807) is 49.6 Å². The molecule has 1 saturated carbocycles. The van der Waals surface area contributed by atoms with Gasteiger partial charge in [-0.2, -0.15) is 0 Å². The van der Waals surface area contributed by atoms with Crippen molar-refractivity contribution in [1.82, 2.24) is 0 Å². The molecule has 0 radical (unpaired) electrons. The molecule has 7 heteroatoms. The number of benzene rings is 2. The number of halogens is 1. The molecule has 0 aromatic heterocycles. The van der Waals surface area contributed by atoms with Crippen LogP contribution in [0.25, 0.3) is 0 Å². The van der Waals surface area contributed by atoms with Gasteiger partial charge in [-0.1, -0.05) is 11.6 Å². The molecule has 2 aromatic rings. The van der Waals surface area contributed by atoms with E-state index in [0.29, 0.717) is 34.3 Å². The van der Waals surface area contributed by atoms with Gasteiger partial charge in [0.15, 0.2) is 0 Å². The van der Waals surface area contributed by atoms with Gasteiger partial charge in [0.25, 0.3) is 0 Å². The Balaban J connectivity index is 1.54.